The minimum Gasteiger partial charge on any atom is -0.298 e. The number of nitro groups is 1. The fourth-order valence-corrected chi connectivity index (χ4v) is 4.34. The molecule has 5 nitrogen and oxygen atoms in total. The summed E-state index contributed by atoms with van der Waals surface area (Å²) in [5.41, 5.74) is 10.1. The Hall–Kier alpha value is -4.35. The van der Waals surface area contributed by atoms with E-state index in [1.165, 1.54) is 40.1 Å². The van der Waals surface area contributed by atoms with Gasteiger partial charge in [-0.25, -0.2) is 0 Å². The van der Waals surface area contributed by atoms with Crippen molar-refractivity contribution in [2.45, 2.75) is 0 Å². The number of nitrogens with zero attached hydrogens (tertiary/aromatic N) is 3. The number of fused-ring (bicyclic) bond motifs is 3. The number of nitro benzene ring substituents is 1. The van der Waals surface area contributed by atoms with Crippen LogP contribution in [0.4, 0.5) is 17.1 Å². The summed E-state index contributed by atoms with van der Waals surface area (Å²) < 4.78 is 0.776. The van der Waals surface area contributed by atoms with Gasteiger partial charge in [-0.05, 0) is 93.6 Å². The summed E-state index contributed by atoms with van der Waals surface area (Å²) in [7, 11) is 6.49. The molecule has 0 heterocycles. The van der Waals surface area contributed by atoms with E-state index in [0.29, 0.717) is 0 Å². The lowest BCUT2D eigenvalue weighted by molar-refractivity contribution is -0.384. The average Bonchev–Trinajstić information content (AvgIpc) is 3.16. The Morgan fingerprint density at radius 1 is 0.743 bits per heavy atom. The molecule has 0 aliphatic heterocycles. The maximum absolute atomic E-state index is 10.9. The smallest absolute Gasteiger partial charge is 0.269 e. The van der Waals surface area contributed by atoms with Crippen molar-refractivity contribution in [3.8, 4) is 11.1 Å². The first-order valence-corrected chi connectivity index (χ1v) is 11.5. The molecule has 0 saturated carbocycles. The number of hydrogen-bond acceptors (Lipinski definition) is 3. The van der Waals surface area contributed by atoms with E-state index in [9.17, 15) is 10.1 Å². The Morgan fingerprint density at radius 3 is 2.03 bits per heavy atom. The molecule has 0 fully saturated rings. The Bertz CT molecular complexity index is 1480. The lowest BCUT2D eigenvalue weighted by atomic mass is 10.0. The third kappa shape index (κ3) is 4.54. The lowest BCUT2D eigenvalue weighted by Crippen LogP contribution is -2.34. The van der Waals surface area contributed by atoms with Gasteiger partial charge in [-0.3, -0.25) is 19.6 Å². The summed E-state index contributed by atoms with van der Waals surface area (Å²) >= 11 is 0. The van der Waals surface area contributed by atoms with Crippen molar-refractivity contribution in [2.75, 3.05) is 21.1 Å². The van der Waals surface area contributed by atoms with Crippen LogP contribution in [0.1, 0.15) is 22.3 Å². The van der Waals surface area contributed by atoms with E-state index >= 15 is 0 Å². The minimum absolute atomic E-state index is 0.0710. The molecule has 1 aliphatic carbocycles. The van der Waals surface area contributed by atoms with Gasteiger partial charge in [0, 0.05) is 18.3 Å². The highest BCUT2D eigenvalue weighted by molar-refractivity contribution is 6.07. The summed E-state index contributed by atoms with van der Waals surface area (Å²) in [4.78, 5) is 15.1. The van der Waals surface area contributed by atoms with Crippen LogP contribution in [0.3, 0.4) is 0 Å². The van der Waals surface area contributed by atoms with Gasteiger partial charge in [0.15, 0.2) is 0 Å². The van der Waals surface area contributed by atoms with E-state index in [4.69, 9.17) is 0 Å². The van der Waals surface area contributed by atoms with E-state index in [1.807, 2.05) is 6.07 Å². The van der Waals surface area contributed by atoms with Gasteiger partial charge in [0.2, 0.25) is 0 Å². The molecule has 4 aromatic carbocycles. The van der Waals surface area contributed by atoms with Gasteiger partial charge < -0.3 is 0 Å². The highest BCUT2D eigenvalue weighted by atomic mass is 16.6. The monoisotopic (exact) mass is 460 g/mol. The topological polar surface area (TPSA) is 55.5 Å². The first-order chi connectivity index (χ1) is 16.8. The van der Waals surface area contributed by atoms with E-state index in [0.717, 1.165) is 26.9 Å². The van der Waals surface area contributed by atoms with Crippen molar-refractivity contribution in [1.29, 1.82) is 0 Å². The number of benzene rings is 4. The number of hydrogen-bond donors (Lipinski definition) is 0. The van der Waals surface area contributed by atoms with Crippen LogP contribution in [0.25, 0.3) is 22.8 Å². The zero-order valence-electron chi connectivity index (χ0n) is 20.0. The Balaban J connectivity index is 1.51. The molecular formula is C30H26N3O2+. The van der Waals surface area contributed by atoms with E-state index < -0.39 is 4.92 Å². The fraction of sp³-hybridized carbons (Fsp3) is 0.100. The molecule has 172 valence electrons. The van der Waals surface area contributed by atoms with Crippen LogP contribution in [-0.4, -0.2) is 32.3 Å². The van der Waals surface area contributed by atoms with Gasteiger partial charge in [-0.1, -0.05) is 30.3 Å². The third-order valence-corrected chi connectivity index (χ3v) is 6.25. The molecule has 0 saturated heterocycles. The number of quaternary nitrogens is 1. The zero-order valence-corrected chi connectivity index (χ0v) is 20.0. The molecule has 5 rings (SSSR count). The maximum Gasteiger partial charge on any atom is 0.269 e. The van der Waals surface area contributed by atoms with Crippen molar-refractivity contribution in [2.24, 2.45) is 4.99 Å². The summed E-state index contributed by atoms with van der Waals surface area (Å²) in [6.45, 7) is 0. The predicted molar refractivity (Wildman–Crippen MR) is 145 cm³/mol. The second kappa shape index (κ2) is 8.78. The summed E-state index contributed by atoms with van der Waals surface area (Å²) in [5.74, 6) is 0. The minimum atomic E-state index is -0.400. The first-order valence-electron chi connectivity index (χ1n) is 11.5. The SMILES string of the molecule is C[N+](C)(C)c1ccc(/C=C2\c3ccccc3-c3ccc(N=Cc4ccc([N+](=O)[O-])cc4)cc32)cc1. The summed E-state index contributed by atoms with van der Waals surface area (Å²) in [5, 5.41) is 10.9. The molecule has 0 N–H and O–H groups in total. The quantitative estimate of drug-likeness (QED) is 0.121. The summed E-state index contributed by atoms with van der Waals surface area (Å²) in [6.07, 6.45) is 3.98. The van der Waals surface area contributed by atoms with Gasteiger partial charge in [-0.2, -0.15) is 0 Å². The van der Waals surface area contributed by atoms with Crippen molar-refractivity contribution in [3.63, 3.8) is 0 Å². The van der Waals surface area contributed by atoms with Gasteiger partial charge in [0.1, 0.15) is 5.69 Å². The molecule has 0 radical (unpaired) electrons. The molecule has 0 unspecified atom stereocenters. The van der Waals surface area contributed by atoms with Crippen molar-refractivity contribution < 1.29 is 4.92 Å². The Morgan fingerprint density at radius 2 is 1.37 bits per heavy atom. The molecular weight excluding hydrogens is 434 g/mol. The van der Waals surface area contributed by atoms with Crippen molar-refractivity contribution in [3.05, 3.63) is 123 Å². The maximum atomic E-state index is 10.9. The number of rotatable bonds is 5. The normalized spacial score (nSPS) is 13.7. The van der Waals surface area contributed by atoms with Crippen LogP contribution in [0.5, 0.6) is 0 Å². The predicted octanol–water partition coefficient (Wildman–Crippen LogP) is 7.11. The van der Waals surface area contributed by atoms with E-state index in [-0.39, 0.29) is 5.69 Å². The molecule has 0 aromatic heterocycles. The van der Waals surface area contributed by atoms with Crippen molar-refractivity contribution >= 4 is 34.9 Å². The van der Waals surface area contributed by atoms with Crippen LogP contribution in [0.15, 0.2) is 96.0 Å². The highest BCUT2D eigenvalue weighted by Gasteiger charge is 2.23. The molecule has 0 amide bonds. The molecule has 0 spiro atoms. The second-order valence-electron chi connectivity index (χ2n) is 9.54. The van der Waals surface area contributed by atoms with Gasteiger partial charge in [0.05, 0.1) is 31.8 Å². The molecule has 0 atom stereocenters. The highest BCUT2D eigenvalue weighted by Crippen LogP contribution is 2.46. The fourth-order valence-electron chi connectivity index (χ4n) is 4.34. The number of aliphatic imine (C=N–C) groups is 1. The lowest BCUT2D eigenvalue weighted by Gasteiger charge is -2.23. The molecule has 4 aromatic rings. The standard InChI is InChI=1S/C30H26N3O2/c1-33(2,3)25-15-10-21(11-16-25)18-29-27-7-5-4-6-26(27)28-17-12-23(19-30(28)29)31-20-22-8-13-24(14-9-22)32(34)35/h4-20H,1-3H3/q+1/b29-18+,31-20?. The van der Waals surface area contributed by atoms with Crippen LogP contribution in [-0.2, 0) is 0 Å². The molecule has 35 heavy (non-hydrogen) atoms. The molecule has 0 bridgehead atoms. The van der Waals surface area contributed by atoms with Gasteiger partial charge in [-0.15, -0.1) is 0 Å². The second-order valence-corrected chi connectivity index (χ2v) is 9.54. The average molecular weight is 461 g/mol. The van der Waals surface area contributed by atoms with E-state index in [1.54, 1.807) is 18.3 Å². The zero-order chi connectivity index (χ0) is 24.6. The number of non-ortho nitro benzene ring substituents is 1. The Kier molecular flexibility index (Phi) is 5.63. The van der Waals surface area contributed by atoms with Crippen LogP contribution >= 0.6 is 0 Å². The van der Waals surface area contributed by atoms with Gasteiger partial charge >= 0.3 is 0 Å². The van der Waals surface area contributed by atoms with Crippen LogP contribution in [0, 0.1) is 10.1 Å². The molecule has 1 aliphatic rings. The van der Waals surface area contributed by atoms with Crippen LogP contribution < -0.4 is 4.48 Å². The molecule has 5 heteroatoms. The van der Waals surface area contributed by atoms with E-state index in [2.05, 4.69) is 92.9 Å². The Labute approximate surface area is 205 Å². The first kappa shape index (κ1) is 22.4. The summed E-state index contributed by atoms with van der Waals surface area (Å²) in [6, 6.07) is 29.8. The van der Waals surface area contributed by atoms with Crippen molar-refractivity contribution in [1.82, 2.24) is 4.48 Å². The van der Waals surface area contributed by atoms with Crippen LogP contribution in [0.2, 0.25) is 0 Å². The van der Waals surface area contributed by atoms with Gasteiger partial charge in [0.25, 0.3) is 5.69 Å². The third-order valence-electron chi connectivity index (χ3n) is 6.25. The largest absolute Gasteiger partial charge is 0.298 e.